The minimum atomic E-state index is -0.339. The van der Waals surface area contributed by atoms with Crippen LogP contribution in [0.4, 0.5) is 4.39 Å². The van der Waals surface area contributed by atoms with Crippen molar-refractivity contribution >= 4 is 36.4 Å². The van der Waals surface area contributed by atoms with Gasteiger partial charge in [-0.05, 0) is 30.0 Å². The van der Waals surface area contributed by atoms with Crippen molar-refractivity contribution in [2.45, 2.75) is 26.3 Å². The van der Waals surface area contributed by atoms with Gasteiger partial charge in [0.25, 0.3) is 0 Å². The van der Waals surface area contributed by atoms with Crippen LogP contribution < -0.4 is 5.32 Å². The quantitative estimate of drug-likeness (QED) is 0.863. The summed E-state index contributed by atoms with van der Waals surface area (Å²) < 4.78 is 13.3. The van der Waals surface area contributed by atoms with Crippen molar-refractivity contribution in [2.75, 3.05) is 26.2 Å². The fourth-order valence-electron chi connectivity index (χ4n) is 2.66. The first-order chi connectivity index (χ1) is 9.08. The van der Waals surface area contributed by atoms with Gasteiger partial charge in [0.2, 0.25) is 0 Å². The number of nitrogens with one attached hydrogen (secondary N) is 1. The van der Waals surface area contributed by atoms with Crippen molar-refractivity contribution in [3.8, 4) is 0 Å². The van der Waals surface area contributed by atoms with E-state index in [0.29, 0.717) is 12.0 Å². The van der Waals surface area contributed by atoms with Crippen molar-refractivity contribution in [1.29, 1.82) is 0 Å². The molecule has 1 atom stereocenters. The van der Waals surface area contributed by atoms with Crippen molar-refractivity contribution in [1.82, 2.24) is 10.2 Å². The number of rotatable bonds is 4. The number of halogens is 4. The van der Waals surface area contributed by atoms with Crippen LogP contribution in [0.1, 0.15) is 31.9 Å². The van der Waals surface area contributed by atoms with Crippen molar-refractivity contribution in [3.63, 3.8) is 0 Å². The first-order valence-corrected chi connectivity index (χ1v) is 7.35. The first kappa shape index (κ1) is 20.9. The SMILES string of the molecule is CC(C)C[C@@H](c1ccc(F)c(Cl)c1)N1CCNCC1.Cl.Cl. The molecule has 2 nitrogen and oxygen atoms in total. The average molecular weight is 358 g/mol. The molecular weight excluding hydrogens is 334 g/mol. The Bertz CT molecular complexity index is 423. The third kappa shape index (κ3) is 5.91. The maximum Gasteiger partial charge on any atom is 0.141 e. The van der Waals surface area contributed by atoms with E-state index in [1.807, 2.05) is 6.07 Å². The van der Waals surface area contributed by atoms with Crippen LogP contribution in [0, 0.1) is 11.7 Å². The molecule has 1 aliphatic heterocycles. The Morgan fingerprint density at radius 2 is 1.86 bits per heavy atom. The molecule has 1 N–H and O–H groups in total. The van der Waals surface area contributed by atoms with Crippen LogP contribution in [0.25, 0.3) is 0 Å². The molecule has 1 aromatic carbocycles. The first-order valence-electron chi connectivity index (χ1n) is 6.97. The summed E-state index contributed by atoms with van der Waals surface area (Å²) in [5.74, 6) is 0.262. The highest BCUT2D eigenvalue weighted by Gasteiger charge is 2.23. The number of hydrogen-bond acceptors (Lipinski definition) is 2. The molecule has 2 rings (SSSR count). The Morgan fingerprint density at radius 1 is 1.24 bits per heavy atom. The van der Waals surface area contributed by atoms with Gasteiger partial charge in [0, 0.05) is 32.2 Å². The highest BCUT2D eigenvalue weighted by molar-refractivity contribution is 6.30. The summed E-state index contributed by atoms with van der Waals surface area (Å²) in [6.07, 6.45) is 1.07. The molecular formula is C15H24Cl3FN2. The maximum absolute atomic E-state index is 13.3. The summed E-state index contributed by atoms with van der Waals surface area (Å²) in [5, 5.41) is 3.59. The topological polar surface area (TPSA) is 15.3 Å². The molecule has 0 saturated carbocycles. The summed E-state index contributed by atoms with van der Waals surface area (Å²) in [6.45, 7) is 8.55. The van der Waals surface area contributed by atoms with Crippen LogP contribution in [-0.4, -0.2) is 31.1 Å². The zero-order valence-corrected chi connectivity index (χ0v) is 14.8. The van der Waals surface area contributed by atoms with Crippen LogP contribution in [0.5, 0.6) is 0 Å². The number of piperazine rings is 1. The lowest BCUT2D eigenvalue weighted by Gasteiger charge is -2.36. The Labute approximate surface area is 144 Å². The third-order valence-corrected chi connectivity index (χ3v) is 3.91. The van der Waals surface area contributed by atoms with Gasteiger partial charge >= 0.3 is 0 Å². The van der Waals surface area contributed by atoms with Gasteiger partial charge in [0.15, 0.2) is 0 Å². The predicted octanol–water partition coefficient (Wildman–Crippen LogP) is 4.32. The molecule has 1 aliphatic rings. The normalized spacial score (nSPS) is 17.0. The molecule has 0 aromatic heterocycles. The highest BCUT2D eigenvalue weighted by Crippen LogP contribution is 2.30. The maximum atomic E-state index is 13.3. The molecule has 1 saturated heterocycles. The predicted molar refractivity (Wildman–Crippen MR) is 92.5 cm³/mol. The highest BCUT2D eigenvalue weighted by atomic mass is 35.5. The summed E-state index contributed by atoms with van der Waals surface area (Å²) in [7, 11) is 0. The fourth-order valence-corrected chi connectivity index (χ4v) is 2.84. The minimum Gasteiger partial charge on any atom is -0.314 e. The lowest BCUT2D eigenvalue weighted by Crippen LogP contribution is -2.45. The molecule has 1 heterocycles. The molecule has 0 spiro atoms. The van der Waals surface area contributed by atoms with Gasteiger partial charge in [0.05, 0.1) is 5.02 Å². The van der Waals surface area contributed by atoms with Gasteiger partial charge < -0.3 is 5.32 Å². The molecule has 0 amide bonds. The van der Waals surface area contributed by atoms with Gasteiger partial charge in [0.1, 0.15) is 5.82 Å². The second-order valence-corrected chi connectivity index (χ2v) is 6.01. The Hall–Kier alpha value is -0.0600. The van der Waals surface area contributed by atoms with Crippen LogP contribution in [0.15, 0.2) is 18.2 Å². The fraction of sp³-hybridized carbons (Fsp3) is 0.600. The molecule has 0 aliphatic carbocycles. The van der Waals surface area contributed by atoms with Crippen molar-refractivity contribution < 1.29 is 4.39 Å². The summed E-state index contributed by atoms with van der Waals surface area (Å²) >= 11 is 5.93. The Morgan fingerprint density at radius 3 is 2.38 bits per heavy atom. The van der Waals surface area contributed by atoms with E-state index < -0.39 is 0 Å². The standard InChI is InChI=1S/C15H22ClFN2.2ClH/c1-11(2)9-15(19-7-5-18-6-8-19)12-3-4-14(17)13(16)10-12;;/h3-4,10-11,15,18H,5-9H2,1-2H3;2*1H/t15-;;/m0../s1. The molecule has 1 fully saturated rings. The molecule has 0 radical (unpaired) electrons. The number of hydrogen-bond donors (Lipinski definition) is 1. The molecule has 122 valence electrons. The summed E-state index contributed by atoms with van der Waals surface area (Å²) in [6, 6.07) is 5.47. The van der Waals surface area contributed by atoms with E-state index in [1.165, 1.54) is 6.07 Å². The van der Waals surface area contributed by atoms with E-state index in [9.17, 15) is 4.39 Å². The second-order valence-electron chi connectivity index (χ2n) is 5.60. The monoisotopic (exact) mass is 356 g/mol. The molecule has 0 bridgehead atoms. The van der Waals surface area contributed by atoms with Gasteiger partial charge in [-0.3, -0.25) is 4.90 Å². The number of benzene rings is 1. The summed E-state index contributed by atoms with van der Waals surface area (Å²) in [4.78, 5) is 2.47. The lowest BCUT2D eigenvalue weighted by molar-refractivity contribution is 0.154. The summed E-state index contributed by atoms with van der Waals surface area (Å²) in [5.41, 5.74) is 1.13. The molecule has 21 heavy (non-hydrogen) atoms. The number of nitrogens with zero attached hydrogens (tertiary/aromatic N) is 1. The van der Waals surface area contributed by atoms with Crippen LogP contribution in [0.2, 0.25) is 5.02 Å². The van der Waals surface area contributed by atoms with E-state index >= 15 is 0 Å². The van der Waals surface area contributed by atoms with E-state index in [2.05, 4.69) is 24.1 Å². The smallest absolute Gasteiger partial charge is 0.141 e. The second kappa shape index (κ2) is 9.86. The minimum absolute atomic E-state index is 0. The van der Waals surface area contributed by atoms with Gasteiger partial charge in [-0.2, -0.15) is 0 Å². The zero-order valence-electron chi connectivity index (χ0n) is 12.4. The third-order valence-electron chi connectivity index (χ3n) is 3.62. The molecule has 6 heteroatoms. The molecule has 0 unspecified atom stereocenters. The van der Waals surface area contributed by atoms with E-state index in [4.69, 9.17) is 11.6 Å². The van der Waals surface area contributed by atoms with Gasteiger partial charge in [-0.1, -0.05) is 31.5 Å². The van der Waals surface area contributed by atoms with E-state index in [1.54, 1.807) is 6.07 Å². The van der Waals surface area contributed by atoms with E-state index in [0.717, 1.165) is 38.2 Å². The van der Waals surface area contributed by atoms with Crippen LogP contribution in [0.3, 0.4) is 0 Å². The van der Waals surface area contributed by atoms with E-state index in [-0.39, 0.29) is 35.7 Å². The lowest BCUT2D eigenvalue weighted by atomic mass is 9.95. The average Bonchev–Trinajstić information content (AvgIpc) is 2.40. The van der Waals surface area contributed by atoms with Crippen LogP contribution >= 0.6 is 36.4 Å². The van der Waals surface area contributed by atoms with Crippen LogP contribution in [-0.2, 0) is 0 Å². The van der Waals surface area contributed by atoms with Gasteiger partial charge in [-0.15, -0.1) is 24.8 Å². The van der Waals surface area contributed by atoms with Crippen molar-refractivity contribution in [3.05, 3.63) is 34.6 Å². The zero-order chi connectivity index (χ0) is 13.8. The molecule has 1 aromatic rings. The largest absolute Gasteiger partial charge is 0.314 e. The Balaban J connectivity index is 0.00000200. The van der Waals surface area contributed by atoms with Crippen molar-refractivity contribution in [2.24, 2.45) is 5.92 Å². The Kier molecular flexibility index (Phi) is 9.83. The van der Waals surface area contributed by atoms with Gasteiger partial charge in [-0.25, -0.2) is 4.39 Å².